The second-order valence-electron chi connectivity index (χ2n) is 4.20. The van der Waals surface area contributed by atoms with Crippen LogP contribution in [0.25, 0.3) is 0 Å². The zero-order valence-electron chi connectivity index (χ0n) is 9.68. The third-order valence-electron chi connectivity index (χ3n) is 2.79. The highest BCUT2D eigenvalue weighted by atomic mass is 15.0. The van der Waals surface area contributed by atoms with Gasteiger partial charge in [0.2, 0.25) is 0 Å². The Bertz CT molecular complexity index is 175. The smallest absolute Gasteiger partial charge is 0.0965 e. The molecule has 0 aromatic heterocycles. The topological polar surface area (TPSA) is 24.4 Å². The minimum absolute atomic E-state index is 0.678. The number of rotatable bonds is 6. The Morgan fingerprint density at radius 3 is 2.71 bits per heavy atom. The highest BCUT2D eigenvalue weighted by Crippen LogP contribution is 2.09. The first kappa shape index (κ1) is 11.5. The van der Waals surface area contributed by atoms with Crippen LogP contribution in [0.3, 0.4) is 0 Å². The predicted octanol–water partition coefficient (Wildman–Crippen LogP) is 3.13. The molecule has 1 N–H and O–H groups in total. The van der Waals surface area contributed by atoms with E-state index in [0.717, 1.165) is 6.54 Å². The van der Waals surface area contributed by atoms with Crippen LogP contribution in [0.15, 0.2) is 4.99 Å². The van der Waals surface area contributed by atoms with Crippen LogP contribution in [-0.2, 0) is 0 Å². The van der Waals surface area contributed by atoms with Gasteiger partial charge in [0.15, 0.2) is 0 Å². The molecule has 0 aromatic rings. The van der Waals surface area contributed by atoms with E-state index in [1.54, 1.807) is 0 Å². The van der Waals surface area contributed by atoms with Gasteiger partial charge in [-0.25, -0.2) is 0 Å². The zero-order valence-corrected chi connectivity index (χ0v) is 9.68. The molecule has 0 aromatic carbocycles. The number of amidine groups is 1. The Labute approximate surface area is 88.2 Å². The molecular formula is C12H24N2. The average molecular weight is 196 g/mol. The summed E-state index contributed by atoms with van der Waals surface area (Å²) >= 11 is 0. The van der Waals surface area contributed by atoms with Crippen molar-refractivity contribution in [2.45, 2.75) is 64.8 Å². The fourth-order valence-corrected chi connectivity index (χ4v) is 1.98. The van der Waals surface area contributed by atoms with Crippen molar-refractivity contribution in [2.24, 2.45) is 4.99 Å². The highest BCUT2D eigenvalue weighted by molar-refractivity contribution is 5.83. The third-order valence-corrected chi connectivity index (χ3v) is 2.79. The summed E-state index contributed by atoms with van der Waals surface area (Å²) in [6.07, 6.45) is 8.93. The molecule has 1 rings (SSSR count). The second-order valence-corrected chi connectivity index (χ2v) is 4.20. The van der Waals surface area contributed by atoms with Gasteiger partial charge in [0.1, 0.15) is 0 Å². The van der Waals surface area contributed by atoms with Crippen molar-refractivity contribution in [2.75, 3.05) is 6.54 Å². The Balaban J connectivity index is 2.26. The minimum atomic E-state index is 0.678. The molecule has 0 saturated carbocycles. The molecular weight excluding hydrogens is 172 g/mol. The lowest BCUT2D eigenvalue weighted by Crippen LogP contribution is -2.33. The molecule has 0 bridgehead atoms. The van der Waals surface area contributed by atoms with Crippen molar-refractivity contribution in [3.05, 3.63) is 0 Å². The van der Waals surface area contributed by atoms with Crippen molar-refractivity contribution in [1.82, 2.24) is 5.32 Å². The van der Waals surface area contributed by atoms with Gasteiger partial charge in [0, 0.05) is 19.0 Å². The molecule has 0 spiro atoms. The molecule has 0 radical (unpaired) electrons. The number of aliphatic imine (C=N–C) groups is 1. The molecule has 14 heavy (non-hydrogen) atoms. The Kier molecular flexibility index (Phi) is 5.65. The monoisotopic (exact) mass is 196 g/mol. The van der Waals surface area contributed by atoms with E-state index in [2.05, 4.69) is 24.2 Å². The van der Waals surface area contributed by atoms with Gasteiger partial charge in [-0.2, -0.15) is 0 Å². The zero-order chi connectivity index (χ0) is 10.2. The van der Waals surface area contributed by atoms with Crippen molar-refractivity contribution in [3.8, 4) is 0 Å². The van der Waals surface area contributed by atoms with E-state index in [-0.39, 0.29) is 0 Å². The number of nitrogens with zero attached hydrogens (tertiary/aromatic N) is 1. The van der Waals surface area contributed by atoms with Gasteiger partial charge in [0.05, 0.1) is 5.84 Å². The average Bonchev–Trinajstić information content (AvgIpc) is 2.67. The normalized spacial score (nSPS) is 18.0. The first-order valence-electron chi connectivity index (χ1n) is 6.16. The van der Waals surface area contributed by atoms with Crippen molar-refractivity contribution < 1.29 is 0 Å². The van der Waals surface area contributed by atoms with Gasteiger partial charge >= 0.3 is 0 Å². The van der Waals surface area contributed by atoms with E-state index in [1.807, 2.05) is 0 Å². The highest BCUT2D eigenvalue weighted by Gasteiger charge is 2.11. The number of hydrogen-bond acceptors (Lipinski definition) is 2. The van der Waals surface area contributed by atoms with E-state index in [0.29, 0.717) is 6.04 Å². The lowest BCUT2D eigenvalue weighted by atomic mass is 10.1. The molecule has 2 heteroatoms. The number of nitrogens with one attached hydrogen (secondary N) is 1. The van der Waals surface area contributed by atoms with Crippen LogP contribution in [0, 0.1) is 0 Å². The summed E-state index contributed by atoms with van der Waals surface area (Å²) in [7, 11) is 0. The molecule has 0 amide bonds. The molecule has 2 nitrogen and oxygen atoms in total. The molecule has 0 saturated heterocycles. The maximum atomic E-state index is 4.47. The van der Waals surface area contributed by atoms with Gasteiger partial charge in [-0.05, 0) is 19.3 Å². The maximum Gasteiger partial charge on any atom is 0.0965 e. The van der Waals surface area contributed by atoms with E-state index < -0.39 is 0 Å². The molecule has 1 aliphatic rings. The largest absolute Gasteiger partial charge is 0.371 e. The Morgan fingerprint density at radius 2 is 2.14 bits per heavy atom. The third kappa shape index (κ3) is 4.12. The second kappa shape index (κ2) is 6.86. The standard InChI is InChI=1S/C12H24N2/c1-3-5-8-11(7-4-2)14-12-9-6-10-13-12/h11H,3-10H2,1-2H3,(H,13,14). The van der Waals surface area contributed by atoms with Crippen molar-refractivity contribution in [3.63, 3.8) is 0 Å². The van der Waals surface area contributed by atoms with E-state index in [4.69, 9.17) is 0 Å². The summed E-state index contributed by atoms with van der Waals surface area (Å²) in [5.41, 5.74) is 0. The quantitative estimate of drug-likeness (QED) is 0.693. The maximum absolute atomic E-state index is 4.47. The Morgan fingerprint density at radius 1 is 1.29 bits per heavy atom. The predicted molar refractivity (Wildman–Crippen MR) is 62.9 cm³/mol. The molecule has 1 heterocycles. The van der Waals surface area contributed by atoms with Crippen LogP contribution in [0.2, 0.25) is 0 Å². The van der Waals surface area contributed by atoms with Gasteiger partial charge in [-0.15, -0.1) is 0 Å². The van der Waals surface area contributed by atoms with E-state index in [1.165, 1.54) is 50.8 Å². The van der Waals surface area contributed by atoms with Gasteiger partial charge in [-0.3, -0.25) is 4.99 Å². The van der Waals surface area contributed by atoms with Crippen LogP contribution in [0.4, 0.5) is 0 Å². The molecule has 1 aliphatic heterocycles. The van der Waals surface area contributed by atoms with Gasteiger partial charge in [0.25, 0.3) is 0 Å². The fourth-order valence-electron chi connectivity index (χ4n) is 1.98. The lowest BCUT2D eigenvalue weighted by molar-refractivity contribution is 0.493. The van der Waals surface area contributed by atoms with Crippen LogP contribution < -0.4 is 5.32 Å². The first-order valence-corrected chi connectivity index (χ1v) is 6.16. The van der Waals surface area contributed by atoms with E-state index >= 15 is 0 Å². The van der Waals surface area contributed by atoms with Crippen molar-refractivity contribution >= 4 is 5.84 Å². The molecule has 0 aliphatic carbocycles. The molecule has 0 fully saturated rings. The summed E-state index contributed by atoms with van der Waals surface area (Å²) in [6, 6.07) is 0.678. The fraction of sp³-hybridized carbons (Fsp3) is 0.917. The number of unbranched alkanes of at least 4 members (excludes halogenated alkanes) is 1. The summed E-state index contributed by atoms with van der Waals surface area (Å²) in [5, 5.41) is 3.60. The SMILES string of the molecule is CCCCC(CCC)NC1=NCCC1. The first-order chi connectivity index (χ1) is 6.86. The summed E-state index contributed by atoms with van der Waals surface area (Å²) in [4.78, 5) is 4.47. The molecule has 1 unspecified atom stereocenters. The minimum Gasteiger partial charge on any atom is -0.371 e. The van der Waals surface area contributed by atoms with Crippen LogP contribution in [0.1, 0.15) is 58.8 Å². The molecule has 82 valence electrons. The van der Waals surface area contributed by atoms with E-state index in [9.17, 15) is 0 Å². The van der Waals surface area contributed by atoms with Crippen molar-refractivity contribution in [1.29, 1.82) is 0 Å². The van der Waals surface area contributed by atoms with Crippen LogP contribution in [-0.4, -0.2) is 18.4 Å². The summed E-state index contributed by atoms with van der Waals surface area (Å²) in [6.45, 7) is 5.56. The molecule has 1 atom stereocenters. The number of hydrogen-bond donors (Lipinski definition) is 1. The van der Waals surface area contributed by atoms with Crippen LogP contribution >= 0.6 is 0 Å². The van der Waals surface area contributed by atoms with Crippen LogP contribution in [0.5, 0.6) is 0 Å². The van der Waals surface area contributed by atoms with Gasteiger partial charge in [-0.1, -0.05) is 33.1 Å². The lowest BCUT2D eigenvalue weighted by Gasteiger charge is -2.18. The summed E-state index contributed by atoms with van der Waals surface area (Å²) < 4.78 is 0. The summed E-state index contributed by atoms with van der Waals surface area (Å²) in [5.74, 6) is 1.26. The Hall–Kier alpha value is -0.530. The van der Waals surface area contributed by atoms with Gasteiger partial charge < -0.3 is 5.32 Å².